The van der Waals surface area contributed by atoms with Crippen LogP contribution < -0.4 is 0 Å². The zero-order valence-electron chi connectivity index (χ0n) is 10.5. The van der Waals surface area contributed by atoms with Crippen molar-refractivity contribution in [3.8, 4) is 0 Å². The normalized spacial score (nSPS) is 21.2. The molecule has 3 heteroatoms. The zero-order valence-corrected chi connectivity index (χ0v) is 10.5. The molecule has 1 fully saturated rings. The Balaban J connectivity index is 1.92. The molecule has 0 aliphatic carbocycles. The van der Waals surface area contributed by atoms with Crippen LogP contribution in [0.5, 0.6) is 0 Å². The van der Waals surface area contributed by atoms with Crippen molar-refractivity contribution in [3.63, 3.8) is 0 Å². The van der Waals surface area contributed by atoms with E-state index in [4.69, 9.17) is 4.42 Å². The Bertz CT molecular complexity index is 345. The first-order valence-corrected chi connectivity index (χ1v) is 6.64. The minimum Gasteiger partial charge on any atom is -0.459 e. The van der Waals surface area contributed by atoms with Gasteiger partial charge in [0.15, 0.2) is 5.76 Å². The number of nitrogens with zero attached hydrogens (tertiary/aromatic N) is 1. The Morgan fingerprint density at radius 3 is 3.06 bits per heavy atom. The van der Waals surface area contributed by atoms with E-state index in [1.807, 2.05) is 4.90 Å². The fraction of sp³-hybridized carbons (Fsp3) is 0.643. The smallest absolute Gasteiger partial charge is 0.289 e. The van der Waals surface area contributed by atoms with Crippen LogP contribution >= 0.6 is 0 Å². The zero-order chi connectivity index (χ0) is 12.1. The van der Waals surface area contributed by atoms with Gasteiger partial charge < -0.3 is 9.32 Å². The van der Waals surface area contributed by atoms with Gasteiger partial charge in [-0.3, -0.25) is 4.79 Å². The molecular formula is C14H21NO2. The monoisotopic (exact) mass is 235 g/mol. The van der Waals surface area contributed by atoms with Gasteiger partial charge in [-0.05, 0) is 37.3 Å². The largest absolute Gasteiger partial charge is 0.459 e. The molecule has 0 N–H and O–H groups in total. The highest BCUT2D eigenvalue weighted by atomic mass is 16.3. The van der Waals surface area contributed by atoms with Gasteiger partial charge in [-0.1, -0.05) is 19.8 Å². The van der Waals surface area contributed by atoms with Crippen molar-refractivity contribution in [2.75, 3.05) is 13.1 Å². The van der Waals surface area contributed by atoms with Crippen molar-refractivity contribution in [2.45, 2.75) is 39.0 Å². The van der Waals surface area contributed by atoms with Gasteiger partial charge in [0, 0.05) is 13.1 Å². The third kappa shape index (κ3) is 3.11. The predicted molar refractivity (Wildman–Crippen MR) is 66.9 cm³/mol. The lowest BCUT2D eigenvalue weighted by Crippen LogP contribution is -2.31. The van der Waals surface area contributed by atoms with Gasteiger partial charge in [0.2, 0.25) is 0 Å². The van der Waals surface area contributed by atoms with E-state index < -0.39 is 0 Å². The average Bonchev–Trinajstić information content (AvgIpc) is 2.76. The molecule has 0 saturated carbocycles. The van der Waals surface area contributed by atoms with Gasteiger partial charge in [-0.15, -0.1) is 0 Å². The van der Waals surface area contributed by atoms with E-state index in [0.29, 0.717) is 5.76 Å². The predicted octanol–water partition coefficient (Wildman–Crippen LogP) is 3.32. The Kier molecular flexibility index (Phi) is 4.24. The van der Waals surface area contributed by atoms with Crippen LogP contribution in [0, 0.1) is 5.92 Å². The van der Waals surface area contributed by atoms with Gasteiger partial charge in [0.25, 0.3) is 5.91 Å². The van der Waals surface area contributed by atoms with E-state index in [0.717, 1.165) is 31.8 Å². The molecule has 0 spiro atoms. The van der Waals surface area contributed by atoms with Crippen molar-refractivity contribution < 1.29 is 9.21 Å². The molecule has 1 amide bonds. The highest BCUT2D eigenvalue weighted by molar-refractivity contribution is 5.91. The van der Waals surface area contributed by atoms with Gasteiger partial charge >= 0.3 is 0 Å². The van der Waals surface area contributed by atoms with Crippen LogP contribution in [0.3, 0.4) is 0 Å². The number of rotatable bonds is 3. The fourth-order valence-electron chi connectivity index (χ4n) is 2.62. The quantitative estimate of drug-likeness (QED) is 0.805. The third-order valence-corrected chi connectivity index (χ3v) is 3.56. The first-order valence-electron chi connectivity index (χ1n) is 6.64. The first-order chi connectivity index (χ1) is 8.31. The highest BCUT2D eigenvalue weighted by Gasteiger charge is 2.22. The summed E-state index contributed by atoms with van der Waals surface area (Å²) in [6.45, 7) is 3.99. The van der Waals surface area contributed by atoms with E-state index in [1.54, 1.807) is 18.4 Å². The number of hydrogen-bond acceptors (Lipinski definition) is 2. The fourth-order valence-corrected chi connectivity index (χ4v) is 2.62. The van der Waals surface area contributed by atoms with Crippen molar-refractivity contribution in [1.29, 1.82) is 0 Å². The minimum absolute atomic E-state index is 0.0483. The summed E-state index contributed by atoms with van der Waals surface area (Å²) >= 11 is 0. The second-order valence-electron chi connectivity index (χ2n) is 4.86. The van der Waals surface area contributed by atoms with Gasteiger partial charge in [0.1, 0.15) is 0 Å². The second kappa shape index (κ2) is 5.89. The molecule has 0 radical (unpaired) electrons. The Morgan fingerprint density at radius 1 is 1.47 bits per heavy atom. The summed E-state index contributed by atoms with van der Waals surface area (Å²) in [6.07, 6.45) is 7.62. The maximum Gasteiger partial charge on any atom is 0.289 e. The lowest BCUT2D eigenvalue weighted by Gasteiger charge is -2.19. The molecule has 1 aliphatic rings. The van der Waals surface area contributed by atoms with Crippen LogP contribution in [0.1, 0.15) is 49.6 Å². The molecule has 94 valence electrons. The first kappa shape index (κ1) is 12.2. The topological polar surface area (TPSA) is 33.5 Å². The summed E-state index contributed by atoms with van der Waals surface area (Å²) < 4.78 is 5.17. The molecule has 0 bridgehead atoms. The van der Waals surface area contributed by atoms with Crippen molar-refractivity contribution in [1.82, 2.24) is 4.90 Å². The van der Waals surface area contributed by atoms with Crippen LogP contribution in [0.2, 0.25) is 0 Å². The molecule has 3 nitrogen and oxygen atoms in total. The standard InChI is InChI=1S/C14H21NO2/c1-2-5-12-6-3-9-15(10-8-12)14(16)13-7-4-11-17-13/h4,7,11-12H,2-3,5-6,8-10H2,1H3. The van der Waals surface area contributed by atoms with Gasteiger partial charge in [-0.2, -0.15) is 0 Å². The summed E-state index contributed by atoms with van der Waals surface area (Å²) in [4.78, 5) is 14.0. The molecule has 17 heavy (non-hydrogen) atoms. The summed E-state index contributed by atoms with van der Waals surface area (Å²) in [5.41, 5.74) is 0. The summed E-state index contributed by atoms with van der Waals surface area (Å²) in [5, 5.41) is 0. The lowest BCUT2D eigenvalue weighted by atomic mass is 9.96. The summed E-state index contributed by atoms with van der Waals surface area (Å²) in [7, 11) is 0. The molecule has 1 atom stereocenters. The maximum absolute atomic E-state index is 12.1. The van der Waals surface area contributed by atoms with Gasteiger partial charge in [-0.25, -0.2) is 0 Å². The molecule has 1 aromatic rings. The second-order valence-corrected chi connectivity index (χ2v) is 4.86. The van der Waals surface area contributed by atoms with Crippen molar-refractivity contribution in [2.24, 2.45) is 5.92 Å². The molecule has 2 heterocycles. The SMILES string of the molecule is CCCC1CCCN(C(=O)c2ccco2)CC1. The van der Waals surface area contributed by atoms with Crippen molar-refractivity contribution >= 4 is 5.91 Å². The molecule has 1 aliphatic heterocycles. The van der Waals surface area contributed by atoms with Gasteiger partial charge in [0.05, 0.1) is 6.26 Å². The van der Waals surface area contributed by atoms with E-state index >= 15 is 0 Å². The number of amides is 1. The highest BCUT2D eigenvalue weighted by Crippen LogP contribution is 2.22. The van der Waals surface area contributed by atoms with Crippen LogP contribution in [0.15, 0.2) is 22.8 Å². The Hall–Kier alpha value is -1.25. The number of carbonyl (C=O) groups excluding carboxylic acids is 1. The summed E-state index contributed by atoms with van der Waals surface area (Å²) in [6, 6.07) is 3.52. The number of furan rings is 1. The van der Waals surface area contributed by atoms with Crippen LogP contribution in [0.4, 0.5) is 0 Å². The molecule has 2 rings (SSSR count). The number of likely N-dealkylation sites (tertiary alicyclic amines) is 1. The minimum atomic E-state index is 0.0483. The Morgan fingerprint density at radius 2 is 2.35 bits per heavy atom. The van der Waals surface area contributed by atoms with Crippen molar-refractivity contribution in [3.05, 3.63) is 24.2 Å². The summed E-state index contributed by atoms with van der Waals surface area (Å²) in [5.74, 6) is 1.32. The number of hydrogen-bond donors (Lipinski definition) is 0. The lowest BCUT2D eigenvalue weighted by molar-refractivity contribution is 0.0728. The van der Waals surface area contributed by atoms with Crippen LogP contribution in [-0.4, -0.2) is 23.9 Å². The van der Waals surface area contributed by atoms with Crippen LogP contribution in [0.25, 0.3) is 0 Å². The van der Waals surface area contributed by atoms with E-state index in [2.05, 4.69) is 6.92 Å². The molecular weight excluding hydrogens is 214 g/mol. The van der Waals surface area contributed by atoms with E-state index in [-0.39, 0.29) is 5.91 Å². The van der Waals surface area contributed by atoms with E-state index in [1.165, 1.54) is 19.3 Å². The number of carbonyl (C=O) groups is 1. The molecule has 1 saturated heterocycles. The maximum atomic E-state index is 12.1. The average molecular weight is 235 g/mol. The molecule has 0 aromatic carbocycles. The van der Waals surface area contributed by atoms with Crippen LogP contribution in [-0.2, 0) is 0 Å². The van der Waals surface area contributed by atoms with E-state index in [9.17, 15) is 4.79 Å². The third-order valence-electron chi connectivity index (χ3n) is 3.56. The Labute approximate surface area is 103 Å². The molecule has 1 unspecified atom stereocenters. The molecule has 1 aromatic heterocycles.